The third-order valence-electron chi connectivity index (χ3n) is 4.89. The lowest BCUT2D eigenvalue weighted by molar-refractivity contribution is -0.0501. The van der Waals surface area contributed by atoms with E-state index in [-0.39, 0.29) is 23.1 Å². The lowest BCUT2D eigenvalue weighted by atomic mass is 10.1. The highest BCUT2D eigenvalue weighted by Gasteiger charge is 2.45. The molecule has 1 aromatic carbocycles. The number of H-pyrrole nitrogens is 1. The Labute approximate surface area is 188 Å². The van der Waals surface area contributed by atoms with Crippen LogP contribution in [0.5, 0.6) is 5.75 Å². The Balaban J connectivity index is 1.73. The summed E-state index contributed by atoms with van der Waals surface area (Å²) >= 11 is 3.39. The molecule has 0 aliphatic carbocycles. The van der Waals surface area contributed by atoms with E-state index in [4.69, 9.17) is 15.2 Å². The number of aliphatic hydroxyl groups excluding tert-OH is 3. The SMILES string of the molecule is COc1ccc(C=NNc2nc3c(=O)[nH]c(N)nc3n2C2OC(CO)C(O)C2O)cc1Br. The molecule has 3 heterocycles. The fraction of sp³-hybridized carbons (Fsp3) is 0.333. The summed E-state index contributed by atoms with van der Waals surface area (Å²) in [7, 11) is 1.56. The molecule has 0 spiro atoms. The van der Waals surface area contributed by atoms with E-state index in [1.165, 1.54) is 10.8 Å². The fourth-order valence-electron chi connectivity index (χ4n) is 3.34. The maximum absolute atomic E-state index is 12.3. The Morgan fingerprint density at radius 3 is 2.84 bits per heavy atom. The number of nitrogens with zero attached hydrogens (tertiary/aromatic N) is 4. The first kappa shape index (κ1) is 22.2. The van der Waals surface area contributed by atoms with Gasteiger partial charge in [0.1, 0.15) is 24.1 Å². The first-order valence-electron chi connectivity index (χ1n) is 9.36. The third kappa shape index (κ3) is 3.93. The van der Waals surface area contributed by atoms with E-state index >= 15 is 0 Å². The van der Waals surface area contributed by atoms with Gasteiger partial charge in [-0.1, -0.05) is 0 Å². The molecule has 1 aliphatic rings. The number of hydrogen-bond donors (Lipinski definition) is 6. The van der Waals surface area contributed by atoms with Crippen LogP contribution in [0.15, 0.2) is 32.6 Å². The van der Waals surface area contributed by atoms with Gasteiger partial charge in [-0.3, -0.25) is 14.3 Å². The molecule has 1 fully saturated rings. The molecule has 7 N–H and O–H groups in total. The van der Waals surface area contributed by atoms with Gasteiger partial charge in [0, 0.05) is 0 Å². The molecule has 4 rings (SSSR count). The van der Waals surface area contributed by atoms with Crippen LogP contribution in [-0.2, 0) is 4.74 Å². The van der Waals surface area contributed by atoms with Crippen LogP contribution in [0.2, 0.25) is 0 Å². The Bertz CT molecular complexity index is 1230. The molecule has 14 heteroatoms. The van der Waals surface area contributed by atoms with Crippen LogP contribution >= 0.6 is 15.9 Å². The number of nitrogens with one attached hydrogen (secondary N) is 2. The number of hydrazone groups is 1. The van der Waals surface area contributed by atoms with E-state index in [1.807, 2.05) is 0 Å². The van der Waals surface area contributed by atoms with Gasteiger partial charge >= 0.3 is 0 Å². The average Bonchev–Trinajstić information content (AvgIpc) is 3.25. The second-order valence-electron chi connectivity index (χ2n) is 6.92. The molecule has 13 nitrogen and oxygen atoms in total. The number of nitrogens with two attached hydrogens (primary N) is 1. The zero-order chi connectivity index (χ0) is 23.0. The van der Waals surface area contributed by atoms with Crippen molar-refractivity contribution < 1.29 is 24.8 Å². The number of aromatic amines is 1. The van der Waals surface area contributed by atoms with E-state index in [1.54, 1.807) is 25.3 Å². The van der Waals surface area contributed by atoms with E-state index in [2.05, 4.69) is 41.4 Å². The van der Waals surface area contributed by atoms with Gasteiger partial charge < -0.3 is 30.5 Å². The molecule has 32 heavy (non-hydrogen) atoms. The standard InChI is InChI=1S/C18H20BrN7O6/c1-31-9-3-2-7(4-8(9)19)5-21-25-18-22-11-14(23-17(20)24-15(11)30)26(18)16-13(29)12(28)10(6-27)32-16/h2-5,10,12-13,16,27-29H,6H2,1H3,(H,22,25)(H3,20,23,24,30). The van der Waals surface area contributed by atoms with Gasteiger partial charge in [0.25, 0.3) is 5.56 Å². The summed E-state index contributed by atoms with van der Waals surface area (Å²) in [6.45, 7) is -0.523. The van der Waals surface area contributed by atoms with Crippen molar-refractivity contribution in [2.45, 2.75) is 24.5 Å². The molecule has 2 aromatic heterocycles. The summed E-state index contributed by atoms with van der Waals surface area (Å²) in [5.41, 5.74) is 8.40. The lowest BCUT2D eigenvalue weighted by Crippen LogP contribution is -2.33. The molecule has 1 saturated heterocycles. The number of methoxy groups -OCH3 is 1. The number of fused-ring (bicyclic) bond motifs is 1. The van der Waals surface area contributed by atoms with E-state index in [0.29, 0.717) is 5.75 Å². The molecule has 4 atom stereocenters. The van der Waals surface area contributed by atoms with Crippen molar-refractivity contribution in [3.63, 3.8) is 0 Å². The van der Waals surface area contributed by atoms with Crippen LogP contribution in [0.4, 0.5) is 11.9 Å². The van der Waals surface area contributed by atoms with Crippen LogP contribution in [0.3, 0.4) is 0 Å². The summed E-state index contributed by atoms with van der Waals surface area (Å²) in [6, 6.07) is 5.31. The van der Waals surface area contributed by atoms with Gasteiger partial charge in [0.2, 0.25) is 11.9 Å². The number of aromatic nitrogens is 4. The predicted octanol–water partition coefficient (Wildman–Crippen LogP) is -0.470. The fourth-order valence-corrected chi connectivity index (χ4v) is 3.90. The molecule has 1 aliphatic heterocycles. The van der Waals surface area contributed by atoms with Gasteiger partial charge in [0.15, 0.2) is 17.4 Å². The summed E-state index contributed by atoms with van der Waals surface area (Å²) in [5, 5.41) is 34.2. The minimum atomic E-state index is -1.44. The van der Waals surface area contributed by atoms with Gasteiger partial charge in [-0.05, 0) is 39.7 Å². The van der Waals surface area contributed by atoms with Crippen LogP contribution in [0.1, 0.15) is 11.8 Å². The maximum Gasteiger partial charge on any atom is 0.280 e. The monoisotopic (exact) mass is 509 g/mol. The summed E-state index contributed by atoms with van der Waals surface area (Å²) in [6.07, 6.45) is -3.56. The molecule has 0 amide bonds. The number of aliphatic hydroxyl groups is 3. The van der Waals surface area contributed by atoms with Crippen LogP contribution < -0.4 is 21.5 Å². The highest BCUT2D eigenvalue weighted by Crippen LogP contribution is 2.34. The van der Waals surface area contributed by atoms with Crippen molar-refractivity contribution in [3.05, 3.63) is 38.6 Å². The Morgan fingerprint density at radius 2 is 2.19 bits per heavy atom. The van der Waals surface area contributed by atoms with Crippen LogP contribution in [0, 0.1) is 0 Å². The Hall–Kier alpha value is -3.04. The van der Waals surface area contributed by atoms with Crippen molar-refractivity contribution in [2.24, 2.45) is 5.10 Å². The Morgan fingerprint density at radius 1 is 1.41 bits per heavy atom. The summed E-state index contributed by atoms with van der Waals surface area (Å²) in [4.78, 5) is 22.9. The smallest absolute Gasteiger partial charge is 0.280 e. The second-order valence-corrected chi connectivity index (χ2v) is 7.78. The van der Waals surface area contributed by atoms with Crippen molar-refractivity contribution in [1.29, 1.82) is 0 Å². The zero-order valence-electron chi connectivity index (χ0n) is 16.6. The van der Waals surface area contributed by atoms with Gasteiger partial charge in [-0.25, -0.2) is 10.4 Å². The summed E-state index contributed by atoms with van der Waals surface area (Å²) in [5.74, 6) is 0.486. The topological polar surface area (TPSA) is 193 Å². The molecular weight excluding hydrogens is 490 g/mol. The predicted molar refractivity (Wildman–Crippen MR) is 117 cm³/mol. The average molecular weight is 510 g/mol. The first-order chi connectivity index (χ1) is 15.3. The number of rotatable bonds is 6. The number of nitrogen functional groups attached to an aromatic ring is 1. The third-order valence-corrected chi connectivity index (χ3v) is 5.51. The van der Waals surface area contributed by atoms with Crippen molar-refractivity contribution in [3.8, 4) is 5.75 Å². The molecule has 0 saturated carbocycles. The van der Waals surface area contributed by atoms with E-state index in [9.17, 15) is 20.1 Å². The number of halogens is 1. The van der Waals surface area contributed by atoms with Crippen molar-refractivity contribution >= 4 is 45.2 Å². The van der Waals surface area contributed by atoms with Gasteiger partial charge in [-0.2, -0.15) is 10.1 Å². The number of benzene rings is 1. The molecular formula is C18H20BrN7O6. The lowest BCUT2D eigenvalue weighted by Gasteiger charge is -2.18. The van der Waals surface area contributed by atoms with Crippen molar-refractivity contribution in [2.75, 3.05) is 24.9 Å². The number of hydrogen-bond acceptors (Lipinski definition) is 11. The molecule has 3 aromatic rings. The van der Waals surface area contributed by atoms with Gasteiger partial charge in [-0.15, -0.1) is 0 Å². The highest BCUT2D eigenvalue weighted by atomic mass is 79.9. The number of anilines is 2. The van der Waals surface area contributed by atoms with Gasteiger partial charge in [0.05, 0.1) is 24.4 Å². The highest BCUT2D eigenvalue weighted by molar-refractivity contribution is 9.10. The largest absolute Gasteiger partial charge is 0.496 e. The first-order valence-corrected chi connectivity index (χ1v) is 10.2. The molecule has 0 radical (unpaired) electrons. The molecule has 0 bridgehead atoms. The number of ether oxygens (including phenoxy) is 2. The van der Waals surface area contributed by atoms with Crippen molar-refractivity contribution in [1.82, 2.24) is 19.5 Å². The van der Waals surface area contributed by atoms with Crippen LogP contribution in [0.25, 0.3) is 11.2 Å². The molecule has 4 unspecified atom stereocenters. The quantitative estimate of drug-likeness (QED) is 0.187. The summed E-state index contributed by atoms with van der Waals surface area (Å²) < 4.78 is 12.8. The Kier molecular flexibility index (Phi) is 6.12. The number of imidazole rings is 1. The minimum absolute atomic E-state index is 0.00210. The maximum atomic E-state index is 12.3. The second kappa shape index (κ2) is 8.84. The molecule has 170 valence electrons. The minimum Gasteiger partial charge on any atom is -0.496 e. The van der Waals surface area contributed by atoms with E-state index in [0.717, 1.165) is 10.0 Å². The normalized spacial score (nSPS) is 23.3. The van der Waals surface area contributed by atoms with Crippen LogP contribution in [-0.4, -0.2) is 73.1 Å². The van der Waals surface area contributed by atoms with E-state index < -0.39 is 36.7 Å². The zero-order valence-corrected chi connectivity index (χ0v) is 18.2.